The Balaban J connectivity index is 2.68. The van der Waals surface area contributed by atoms with Crippen LogP contribution in [0.2, 0.25) is 0 Å². The van der Waals surface area contributed by atoms with Gasteiger partial charge in [0.2, 0.25) is 0 Å². The lowest BCUT2D eigenvalue weighted by molar-refractivity contribution is 0.539. The molecular weight excluding hydrogens is 257 g/mol. The number of aryl methyl sites for hydroxylation is 1. The van der Waals surface area contributed by atoms with Crippen LogP contribution in [0.15, 0.2) is 22.4 Å². The van der Waals surface area contributed by atoms with E-state index in [0.717, 1.165) is 6.07 Å². The van der Waals surface area contributed by atoms with Gasteiger partial charge in [0.15, 0.2) is 5.83 Å². The molecule has 0 fully saturated rings. The molecule has 0 aliphatic heterocycles. The number of halogens is 4. The highest BCUT2D eigenvalue weighted by molar-refractivity contribution is 9.10. The molecule has 0 spiro atoms. The number of allylic oxidation sites excluding steroid dienone is 1. The van der Waals surface area contributed by atoms with Crippen molar-refractivity contribution < 1.29 is 13.2 Å². The maximum absolute atomic E-state index is 13.3. The van der Waals surface area contributed by atoms with Crippen LogP contribution in [-0.4, -0.2) is 0 Å². The summed E-state index contributed by atoms with van der Waals surface area (Å²) in [4.78, 5) is 0. The maximum atomic E-state index is 13.3. The normalized spacial score (nSPS) is 15.7. The van der Waals surface area contributed by atoms with E-state index in [2.05, 4.69) is 15.9 Å². The van der Waals surface area contributed by atoms with Gasteiger partial charge in [0.25, 0.3) is 0 Å². The van der Waals surface area contributed by atoms with E-state index < -0.39 is 17.5 Å². The summed E-state index contributed by atoms with van der Waals surface area (Å²) in [7, 11) is 0. The zero-order valence-electron chi connectivity index (χ0n) is 7.08. The van der Waals surface area contributed by atoms with E-state index in [1.54, 1.807) is 6.07 Å². The first kappa shape index (κ1) is 9.77. The lowest BCUT2D eigenvalue weighted by Gasteiger charge is -2.15. The van der Waals surface area contributed by atoms with Crippen molar-refractivity contribution in [3.05, 3.63) is 39.4 Å². The molecule has 0 atom stereocenters. The molecule has 1 aromatic rings. The first-order valence-corrected chi connectivity index (χ1v) is 4.91. The van der Waals surface area contributed by atoms with Gasteiger partial charge in [-0.05, 0) is 24.1 Å². The molecule has 0 saturated carbocycles. The third-order valence-corrected chi connectivity index (χ3v) is 2.67. The van der Waals surface area contributed by atoms with Gasteiger partial charge in [-0.25, -0.2) is 13.2 Å². The zero-order chi connectivity index (χ0) is 10.3. The Kier molecular flexibility index (Phi) is 2.39. The molecule has 0 N–H and O–H groups in total. The van der Waals surface area contributed by atoms with Crippen LogP contribution >= 0.6 is 15.9 Å². The van der Waals surface area contributed by atoms with Gasteiger partial charge in [0.05, 0.1) is 5.56 Å². The van der Waals surface area contributed by atoms with Crippen molar-refractivity contribution in [3.8, 4) is 0 Å². The average Bonchev–Trinajstić information content (AvgIpc) is 2.10. The molecule has 0 radical (unpaired) electrons. The van der Waals surface area contributed by atoms with Crippen molar-refractivity contribution in [2.75, 3.05) is 0 Å². The Hall–Kier alpha value is -0.770. The SMILES string of the molecule is FC1=C(F)c2c(F)cc(Br)cc2CC1. The van der Waals surface area contributed by atoms with Gasteiger partial charge >= 0.3 is 0 Å². The molecule has 0 aromatic heterocycles. The fourth-order valence-electron chi connectivity index (χ4n) is 1.56. The lowest BCUT2D eigenvalue weighted by Crippen LogP contribution is -2.03. The molecule has 0 heterocycles. The summed E-state index contributed by atoms with van der Waals surface area (Å²) in [5.41, 5.74) is 0.285. The minimum absolute atomic E-state index is 0.00866. The van der Waals surface area contributed by atoms with Crippen LogP contribution in [0.4, 0.5) is 13.2 Å². The molecule has 0 unspecified atom stereocenters. The van der Waals surface area contributed by atoms with Crippen LogP contribution < -0.4 is 0 Å². The van der Waals surface area contributed by atoms with Crippen LogP contribution in [0.1, 0.15) is 17.5 Å². The van der Waals surface area contributed by atoms with Crippen molar-refractivity contribution in [2.24, 2.45) is 0 Å². The Morgan fingerprint density at radius 1 is 1.07 bits per heavy atom. The van der Waals surface area contributed by atoms with Crippen LogP contribution in [0.5, 0.6) is 0 Å². The summed E-state index contributed by atoms with van der Waals surface area (Å²) < 4.78 is 39.9. The van der Waals surface area contributed by atoms with Gasteiger partial charge in [0, 0.05) is 10.9 Å². The monoisotopic (exact) mass is 262 g/mol. The van der Waals surface area contributed by atoms with Gasteiger partial charge in [-0.1, -0.05) is 15.9 Å². The minimum Gasteiger partial charge on any atom is -0.209 e. The highest BCUT2D eigenvalue weighted by Crippen LogP contribution is 2.36. The lowest BCUT2D eigenvalue weighted by atomic mass is 9.95. The highest BCUT2D eigenvalue weighted by atomic mass is 79.9. The average molecular weight is 263 g/mol. The van der Waals surface area contributed by atoms with E-state index in [-0.39, 0.29) is 12.0 Å². The van der Waals surface area contributed by atoms with Crippen molar-refractivity contribution in [3.63, 3.8) is 0 Å². The molecule has 0 bridgehead atoms. The molecule has 1 aliphatic rings. The van der Waals surface area contributed by atoms with Crippen molar-refractivity contribution in [1.29, 1.82) is 0 Å². The highest BCUT2D eigenvalue weighted by Gasteiger charge is 2.23. The smallest absolute Gasteiger partial charge is 0.165 e. The molecule has 0 amide bonds. The molecule has 1 aliphatic carbocycles. The fourth-order valence-corrected chi connectivity index (χ4v) is 2.04. The second-order valence-electron chi connectivity index (χ2n) is 3.14. The van der Waals surface area contributed by atoms with E-state index in [9.17, 15) is 13.2 Å². The van der Waals surface area contributed by atoms with Crippen LogP contribution in [0, 0.1) is 5.82 Å². The number of benzene rings is 1. The summed E-state index contributed by atoms with van der Waals surface area (Å²) >= 11 is 3.10. The number of rotatable bonds is 0. The summed E-state index contributed by atoms with van der Waals surface area (Å²) in [6.07, 6.45) is 0.347. The van der Waals surface area contributed by atoms with Crippen molar-refractivity contribution in [2.45, 2.75) is 12.8 Å². The summed E-state index contributed by atoms with van der Waals surface area (Å²) in [5, 5.41) is 0. The number of hydrogen-bond donors (Lipinski definition) is 0. The predicted molar refractivity (Wildman–Crippen MR) is 51.6 cm³/mol. The number of fused-ring (bicyclic) bond motifs is 1. The van der Waals surface area contributed by atoms with Crippen molar-refractivity contribution >= 4 is 21.8 Å². The molecule has 0 nitrogen and oxygen atoms in total. The summed E-state index contributed by atoms with van der Waals surface area (Å²) in [6, 6.07) is 2.75. The Bertz CT molecular complexity index is 424. The molecule has 74 valence electrons. The third-order valence-electron chi connectivity index (χ3n) is 2.21. The van der Waals surface area contributed by atoms with Gasteiger partial charge in [-0.15, -0.1) is 0 Å². The largest absolute Gasteiger partial charge is 0.209 e. The number of hydrogen-bond acceptors (Lipinski definition) is 0. The Morgan fingerprint density at radius 2 is 1.79 bits per heavy atom. The van der Waals surface area contributed by atoms with E-state index in [1.807, 2.05) is 0 Å². The first-order valence-electron chi connectivity index (χ1n) is 4.12. The molecule has 1 aromatic carbocycles. The fraction of sp³-hybridized carbons (Fsp3) is 0.200. The van der Waals surface area contributed by atoms with Crippen LogP contribution in [0.3, 0.4) is 0 Å². The Morgan fingerprint density at radius 3 is 2.50 bits per heavy atom. The third kappa shape index (κ3) is 1.47. The summed E-state index contributed by atoms with van der Waals surface area (Å²) in [6.45, 7) is 0. The quantitative estimate of drug-likeness (QED) is 0.659. The molecule has 4 heteroatoms. The van der Waals surface area contributed by atoms with E-state index in [1.165, 1.54) is 0 Å². The topological polar surface area (TPSA) is 0 Å². The second-order valence-corrected chi connectivity index (χ2v) is 4.06. The van der Waals surface area contributed by atoms with Crippen LogP contribution in [0.25, 0.3) is 5.83 Å². The summed E-state index contributed by atoms with van der Waals surface area (Å²) in [5.74, 6) is -2.64. The zero-order valence-corrected chi connectivity index (χ0v) is 8.67. The molecular formula is C10H6BrF3. The van der Waals surface area contributed by atoms with Gasteiger partial charge in [-0.2, -0.15) is 0 Å². The van der Waals surface area contributed by atoms with E-state index in [0.29, 0.717) is 16.5 Å². The van der Waals surface area contributed by atoms with Crippen molar-refractivity contribution in [1.82, 2.24) is 0 Å². The standard InChI is InChI=1S/C10H6BrF3/c11-6-3-5-1-2-7(12)10(14)9(5)8(13)4-6/h3-4H,1-2H2. The molecule has 0 saturated heterocycles. The van der Waals surface area contributed by atoms with Crippen LogP contribution in [-0.2, 0) is 6.42 Å². The van der Waals surface area contributed by atoms with Gasteiger partial charge in [-0.3, -0.25) is 0 Å². The minimum atomic E-state index is -1.06. The first-order chi connectivity index (χ1) is 6.59. The molecule has 14 heavy (non-hydrogen) atoms. The van der Waals surface area contributed by atoms with Gasteiger partial charge in [0.1, 0.15) is 11.6 Å². The van der Waals surface area contributed by atoms with E-state index >= 15 is 0 Å². The van der Waals surface area contributed by atoms with E-state index in [4.69, 9.17) is 0 Å². The predicted octanol–water partition coefficient (Wildman–Crippen LogP) is 4.14. The Labute approximate surface area is 87.6 Å². The maximum Gasteiger partial charge on any atom is 0.165 e. The molecule has 2 rings (SSSR count). The van der Waals surface area contributed by atoms with Gasteiger partial charge < -0.3 is 0 Å². The second kappa shape index (κ2) is 3.42.